The zero-order valence-electron chi connectivity index (χ0n) is 9.94. The molecular formula is C13H14O4S. The second-order valence-corrected chi connectivity index (χ2v) is 6.53. The number of hydrogen-bond donors (Lipinski definition) is 0. The molecule has 0 N–H and O–H groups in total. The third-order valence-corrected chi connectivity index (χ3v) is 5.22. The van der Waals surface area contributed by atoms with Gasteiger partial charge in [-0.15, -0.1) is 0 Å². The molecule has 5 heteroatoms. The van der Waals surface area contributed by atoms with Crippen molar-refractivity contribution in [3.05, 3.63) is 42.5 Å². The predicted molar refractivity (Wildman–Crippen MR) is 66.8 cm³/mol. The molecule has 0 radical (unpaired) electrons. The summed E-state index contributed by atoms with van der Waals surface area (Å²) in [5.74, 6) is 0.341. The van der Waals surface area contributed by atoms with Gasteiger partial charge < -0.3 is 8.92 Å². The Labute approximate surface area is 106 Å². The van der Waals surface area contributed by atoms with Gasteiger partial charge in [-0.25, -0.2) is 0 Å². The predicted octanol–water partition coefficient (Wildman–Crippen LogP) is 1.88. The van der Waals surface area contributed by atoms with Crippen LogP contribution in [-0.4, -0.2) is 25.4 Å². The maximum atomic E-state index is 12.3. The van der Waals surface area contributed by atoms with Gasteiger partial charge in [0.1, 0.15) is 16.6 Å². The molecule has 1 aromatic carbocycles. The summed E-state index contributed by atoms with van der Waals surface area (Å²) >= 11 is 0. The quantitative estimate of drug-likeness (QED) is 0.619. The van der Waals surface area contributed by atoms with Crippen LogP contribution in [0, 0.1) is 0 Å². The van der Waals surface area contributed by atoms with Gasteiger partial charge in [0, 0.05) is 6.42 Å². The van der Waals surface area contributed by atoms with E-state index < -0.39 is 21.0 Å². The molecule has 1 fully saturated rings. The van der Waals surface area contributed by atoms with Crippen LogP contribution in [0.5, 0.6) is 5.75 Å². The van der Waals surface area contributed by atoms with Crippen molar-refractivity contribution >= 4 is 10.1 Å². The Morgan fingerprint density at radius 1 is 1.33 bits per heavy atom. The Bertz CT molecular complexity index is 578. The van der Waals surface area contributed by atoms with Gasteiger partial charge in [-0.05, 0) is 19.1 Å². The van der Waals surface area contributed by atoms with Gasteiger partial charge >= 0.3 is 10.1 Å². The highest BCUT2D eigenvalue weighted by molar-refractivity contribution is 7.87. The molecule has 4 nitrogen and oxygen atoms in total. The minimum Gasteiger partial charge on any atom is -0.382 e. The zero-order chi connectivity index (χ0) is 12.8. The van der Waals surface area contributed by atoms with Gasteiger partial charge in [-0.1, -0.05) is 30.4 Å². The van der Waals surface area contributed by atoms with Crippen molar-refractivity contribution in [3.8, 4) is 5.75 Å². The Morgan fingerprint density at radius 3 is 2.61 bits per heavy atom. The summed E-state index contributed by atoms with van der Waals surface area (Å²) in [5.41, 5.74) is -0.752. The molecule has 3 rings (SSSR count). The van der Waals surface area contributed by atoms with E-state index in [4.69, 9.17) is 8.92 Å². The summed E-state index contributed by atoms with van der Waals surface area (Å²) in [6, 6.07) is 8.55. The van der Waals surface area contributed by atoms with E-state index in [-0.39, 0.29) is 6.10 Å². The first-order chi connectivity index (χ1) is 8.50. The fourth-order valence-electron chi connectivity index (χ4n) is 2.53. The SMILES string of the molecule is C[C@]12C=C[C@H](C[C@@H]1S(=O)(=O)Oc1ccccc1)O2. The summed E-state index contributed by atoms with van der Waals surface area (Å²) < 4.78 is 35.3. The highest BCUT2D eigenvalue weighted by Gasteiger charge is 2.54. The van der Waals surface area contributed by atoms with Crippen molar-refractivity contribution in [1.82, 2.24) is 0 Å². The van der Waals surface area contributed by atoms with E-state index in [2.05, 4.69) is 0 Å². The number of para-hydroxylation sites is 1. The molecule has 0 aliphatic carbocycles. The lowest BCUT2D eigenvalue weighted by molar-refractivity contribution is 0.0472. The lowest BCUT2D eigenvalue weighted by Gasteiger charge is -2.25. The summed E-state index contributed by atoms with van der Waals surface area (Å²) in [7, 11) is -3.68. The summed E-state index contributed by atoms with van der Waals surface area (Å²) in [4.78, 5) is 0. The van der Waals surface area contributed by atoms with Crippen LogP contribution in [0.3, 0.4) is 0 Å². The smallest absolute Gasteiger partial charge is 0.315 e. The number of ether oxygens (including phenoxy) is 1. The van der Waals surface area contributed by atoms with E-state index in [1.54, 1.807) is 31.2 Å². The maximum absolute atomic E-state index is 12.3. The number of rotatable bonds is 3. The Balaban J connectivity index is 1.86. The topological polar surface area (TPSA) is 52.6 Å². The van der Waals surface area contributed by atoms with Gasteiger partial charge in [0.25, 0.3) is 0 Å². The highest BCUT2D eigenvalue weighted by Crippen LogP contribution is 2.42. The molecule has 2 heterocycles. The standard InChI is InChI=1S/C13H14O4S/c1-13-8-7-11(16-13)9-12(13)18(14,15)17-10-5-3-2-4-6-10/h2-8,11-12H,9H2,1H3/t11-,12+,13+/m1/s1. The summed E-state index contributed by atoms with van der Waals surface area (Å²) in [6.07, 6.45) is 4.09. The minimum atomic E-state index is -3.68. The average molecular weight is 266 g/mol. The van der Waals surface area contributed by atoms with Crippen LogP contribution in [0.1, 0.15) is 13.3 Å². The van der Waals surface area contributed by atoms with Gasteiger partial charge in [0.2, 0.25) is 0 Å². The zero-order valence-corrected chi connectivity index (χ0v) is 10.8. The molecule has 0 unspecified atom stereocenters. The molecular weight excluding hydrogens is 252 g/mol. The fourth-order valence-corrected chi connectivity index (χ4v) is 4.16. The molecule has 2 aliphatic rings. The Morgan fingerprint density at radius 2 is 2.06 bits per heavy atom. The molecule has 1 aromatic rings. The first-order valence-corrected chi connectivity index (χ1v) is 7.32. The van der Waals surface area contributed by atoms with Crippen molar-refractivity contribution in [2.45, 2.75) is 30.3 Å². The van der Waals surface area contributed by atoms with Crippen molar-refractivity contribution in [2.75, 3.05) is 0 Å². The number of hydrogen-bond acceptors (Lipinski definition) is 4. The van der Waals surface area contributed by atoms with E-state index >= 15 is 0 Å². The van der Waals surface area contributed by atoms with Gasteiger partial charge in [-0.2, -0.15) is 8.42 Å². The molecule has 3 atom stereocenters. The Kier molecular flexibility index (Phi) is 2.50. The molecule has 0 saturated carbocycles. The molecule has 2 aliphatic heterocycles. The van der Waals surface area contributed by atoms with E-state index in [0.29, 0.717) is 12.2 Å². The number of benzene rings is 1. The molecule has 1 saturated heterocycles. The lowest BCUT2D eigenvalue weighted by Crippen LogP contribution is -2.41. The molecule has 96 valence electrons. The van der Waals surface area contributed by atoms with Crippen LogP contribution >= 0.6 is 0 Å². The van der Waals surface area contributed by atoms with E-state index in [0.717, 1.165) is 0 Å². The van der Waals surface area contributed by atoms with Crippen LogP contribution in [0.4, 0.5) is 0 Å². The molecule has 0 amide bonds. The van der Waals surface area contributed by atoms with Gasteiger partial charge in [0.05, 0.1) is 6.10 Å². The molecule has 2 bridgehead atoms. The normalized spacial score (nSPS) is 33.8. The van der Waals surface area contributed by atoms with E-state index in [1.807, 2.05) is 18.2 Å². The third kappa shape index (κ3) is 1.83. The minimum absolute atomic E-state index is 0.103. The van der Waals surface area contributed by atoms with Crippen LogP contribution in [0.2, 0.25) is 0 Å². The van der Waals surface area contributed by atoms with Crippen LogP contribution in [0.15, 0.2) is 42.5 Å². The van der Waals surface area contributed by atoms with Crippen LogP contribution in [-0.2, 0) is 14.9 Å². The third-order valence-electron chi connectivity index (χ3n) is 3.44. The first kappa shape index (κ1) is 11.7. The molecule has 0 spiro atoms. The number of fused-ring (bicyclic) bond motifs is 2. The first-order valence-electron chi connectivity index (χ1n) is 5.85. The van der Waals surface area contributed by atoms with E-state index in [1.165, 1.54) is 0 Å². The van der Waals surface area contributed by atoms with E-state index in [9.17, 15) is 8.42 Å². The van der Waals surface area contributed by atoms with Crippen molar-refractivity contribution < 1.29 is 17.3 Å². The van der Waals surface area contributed by atoms with Gasteiger partial charge in [-0.3, -0.25) is 0 Å². The average Bonchev–Trinajstić information content (AvgIpc) is 2.85. The fraction of sp³-hybridized carbons (Fsp3) is 0.385. The largest absolute Gasteiger partial charge is 0.382 e. The highest BCUT2D eigenvalue weighted by atomic mass is 32.2. The molecule has 0 aromatic heterocycles. The lowest BCUT2D eigenvalue weighted by atomic mass is 9.96. The second-order valence-electron chi connectivity index (χ2n) is 4.81. The summed E-state index contributed by atoms with van der Waals surface area (Å²) in [5, 5.41) is -0.639. The Hall–Kier alpha value is -1.33. The van der Waals surface area contributed by atoms with Gasteiger partial charge in [0.15, 0.2) is 0 Å². The van der Waals surface area contributed by atoms with Crippen molar-refractivity contribution in [1.29, 1.82) is 0 Å². The summed E-state index contributed by atoms with van der Waals surface area (Å²) in [6.45, 7) is 1.78. The maximum Gasteiger partial charge on any atom is 0.315 e. The van der Waals surface area contributed by atoms with Crippen LogP contribution in [0.25, 0.3) is 0 Å². The van der Waals surface area contributed by atoms with Crippen molar-refractivity contribution in [3.63, 3.8) is 0 Å². The van der Waals surface area contributed by atoms with Crippen LogP contribution < -0.4 is 4.18 Å². The second kappa shape index (κ2) is 3.83. The monoisotopic (exact) mass is 266 g/mol. The molecule has 18 heavy (non-hydrogen) atoms. The van der Waals surface area contributed by atoms with Crippen molar-refractivity contribution in [2.24, 2.45) is 0 Å².